The van der Waals surface area contributed by atoms with Crippen molar-refractivity contribution in [3.05, 3.63) is 29.3 Å². The highest BCUT2D eigenvalue weighted by Gasteiger charge is 2.06. The first-order valence-corrected chi connectivity index (χ1v) is 7.00. The Kier molecular flexibility index (Phi) is 6.32. The standard InChI is InChI=1S/C16H27NO2/c1-12(2)16-7-6-15(10-13(16)3)19-9-8-17(5)11-14(4)18/h6-7,10,12,14,18H,8-9,11H2,1-5H3. The lowest BCUT2D eigenvalue weighted by Crippen LogP contribution is -2.30. The summed E-state index contributed by atoms with van der Waals surface area (Å²) >= 11 is 0. The number of nitrogens with zero attached hydrogens (tertiary/aromatic N) is 1. The lowest BCUT2D eigenvalue weighted by atomic mass is 9.98. The van der Waals surface area contributed by atoms with Gasteiger partial charge in [0.1, 0.15) is 12.4 Å². The SMILES string of the molecule is Cc1cc(OCCN(C)CC(C)O)ccc1C(C)C. The first-order chi connectivity index (χ1) is 8.90. The zero-order valence-corrected chi connectivity index (χ0v) is 12.8. The highest BCUT2D eigenvalue weighted by molar-refractivity contribution is 5.36. The second-order valence-electron chi connectivity index (χ2n) is 5.63. The third-order valence-corrected chi connectivity index (χ3v) is 3.18. The smallest absolute Gasteiger partial charge is 0.119 e. The minimum Gasteiger partial charge on any atom is -0.492 e. The molecule has 0 saturated heterocycles. The third-order valence-electron chi connectivity index (χ3n) is 3.18. The zero-order valence-electron chi connectivity index (χ0n) is 12.8. The van der Waals surface area contributed by atoms with Gasteiger partial charge in [-0.05, 0) is 50.1 Å². The van der Waals surface area contributed by atoms with Crippen LogP contribution in [0.15, 0.2) is 18.2 Å². The first-order valence-electron chi connectivity index (χ1n) is 7.00. The molecule has 3 heteroatoms. The number of aliphatic hydroxyl groups is 1. The molecule has 1 aromatic rings. The van der Waals surface area contributed by atoms with Gasteiger partial charge in [0.05, 0.1) is 6.10 Å². The molecule has 1 atom stereocenters. The van der Waals surface area contributed by atoms with E-state index < -0.39 is 0 Å². The second-order valence-corrected chi connectivity index (χ2v) is 5.63. The van der Waals surface area contributed by atoms with Crippen molar-refractivity contribution in [2.75, 3.05) is 26.7 Å². The van der Waals surface area contributed by atoms with Crippen LogP contribution in [0.25, 0.3) is 0 Å². The topological polar surface area (TPSA) is 32.7 Å². The van der Waals surface area contributed by atoms with Crippen LogP contribution in [-0.4, -0.2) is 42.9 Å². The Morgan fingerprint density at radius 1 is 1.26 bits per heavy atom. The quantitative estimate of drug-likeness (QED) is 0.823. The number of rotatable bonds is 7. The van der Waals surface area contributed by atoms with Gasteiger partial charge in [-0.25, -0.2) is 0 Å². The highest BCUT2D eigenvalue weighted by Crippen LogP contribution is 2.23. The number of hydrogen-bond acceptors (Lipinski definition) is 3. The number of likely N-dealkylation sites (N-methyl/N-ethyl adjacent to an activating group) is 1. The van der Waals surface area contributed by atoms with Gasteiger partial charge >= 0.3 is 0 Å². The van der Waals surface area contributed by atoms with E-state index in [4.69, 9.17) is 4.74 Å². The summed E-state index contributed by atoms with van der Waals surface area (Å²) in [7, 11) is 1.99. The van der Waals surface area contributed by atoms with Gasteiger partial charge in [0, 0.05) is 13.1 Å². The van der Waals surface area contributed by atoms with Crippen molar-refractivity contribution in [3.63, 3.8) is 0 Å². The molecule has 0 aromatic heterocycles. The fourth-order valence-electron chi connectivity index (χ4n) is 2.25. The fourth-order valence-corrected chi connectivity index (χ4v) is 2.25. The average Bonchev–Trinajstić information content (AvgIpc) is 2.27. The van der Waals surface area contributed by atoms with Crippen molar-refractivity contribution in [2.24, 2.45) is 0 Å². The minimum atomic E-state index is -0.294. The van der Waals surface area contributed by atoms with Crippen molar-refractivity contribution < 1.29 is 9.84 Å². The van der Waals surface area contributed by atoms with Gasteiger partial charge in [-0.3, -0.25) is 0 Å². The summed E-state index contributed by atoms with van der Waals surface area (Å²) < 4.78 is 5.75. The Bertz CT molecular complexity index is 388. The Balaban J connectivity index is 2.44. The number of aliphatic hydroxyl groups excluding tert-OH is 1. The molecule has 108 valence electrons. The predicted molar refractivity (Wildman–Crippen MR) is 79.9 cm³/mol. The van der Waals surface area contributed by atoms with Crippen LogP contribution in [0.2, 0.25) is 0 Å². The van der Waals surface area contributed by atoms with Crippen molar-refractivity contribution in [1.29, 1.82) is 0 Å². The first kappa shape index (κ1) is 16.0. The lowest BCUT2D eigenvalue weighted by Gasteiger charge is -2.18. The largest absolute Gasteiger partial charge is 0.492 e. The summed E-state index contributed by atoms with van der Waals surface area (Å²) in [5, 5.41) is 9.28. The molecule has 0 fully saturated rings. The van der Waals surface area contributed by atoms with E-state index in [0.717, 1.165) is 12.3 Å². The van der Waals surface area contributed by atoms with Gasteiger partial charge in [0.15, 0.2) is 0 Å². The summed E-state index contributed by atoms with van der Waals surface area (Å²) in [6.45, 7) is 10.5. The minimum absolute atomic E-state index is 0.294. The maximum absolute atomic E-state index is 9.28. The zero-order chi connectivity index (χ0) is 14.4. The molecule has 0 saturated carbocycles. The van der Waals surface area contributed by atoms with Gasteiger partial charge in [-0.2, -0.15) is 0 Å². The van der Waals surface area contributed by atoms with E-state index in [1.807, 2.05) is 13.1 Å². The van der Waals surface area contributed by atoms with Gasteiger partial charge in [0.2, 0.25) is 0 Å². The van der Waals surface area contributed by atoms with Gasteiger partial charge in [0.25, 0.3) is 0 Å². The summed E-state index contributed by atoms with van der Waals surface area (Å²) in [4.78, 5) is 2.07. The van der Waals surface area contributed by atoms with Crippen LogP contribution in [0.4, 0.5) is 0 Å². The van der Waals surface area contributed by atoms with Crippen LogP contribution in [0.5, 0.6) is 5.75 Å². The summed E-state index contributed by atoms with van der Waals surface area (Å²) in [6.07, 6.45) is -0.294. The lowest BCUT2D eigenvalue weighted by molar-refractivity contribution is 0.131. The van der Waals surface area contributed by atoms with Crippen molar-refractivity contribution in [3.8, 4) is 5.75 Å². The number of ether oxygens (including phenoxy) is 1. The van der Waals surface area contributed by atoms with E-state index in [9.17, 15) is 5.11 Å². The molecule has 0 bridgehead atoms. The van der Waals surface area contributed by atoms with E-state index >= 15 is 0 Å². The molecule has 1 aromatic carbocycles. The highest BCUT2D eigenvalue weighted by atomic mass is 16.5. The molecule has 1 N–H and O–H groups in total. The van der Waals surface area contributed by atoms with Crippen LogP contribution in [0.3, 0.4) is 0 Å². The number of hydrogen-bond donors (Lipinski definition) is 1. The van der Waals surface area contributed by atoms with E-state index in [-0.39, 0.29) is 6.10 Å². The molecule has 0 aliphatic carbocycles. The molecule has 3 nitrogen and oxygen atoms in total. The van der Waals surface area contributed by atoms with Crippen LogP contribution in [-0.2, 0) is 0 Å². The monoisotopic (exact) mass is 265 g/mol. The summed E-state index contributed by atoms with van der Waals surface area (Å²) in [5.41, 5.74) is 2.66. The molecule has 0 radical (unpaired) electrons. The maximum Gasteiger partial charge on any atom is 0.119 e. The van der Waals surface area contributed by atoms with Crippen molar-refractivity contribution >= 4 is 0 Å². The molecule has 1 unspecified atom stereocenters. The fraction of sp³-hybridized carbons (Fsp3) is 0.625. The maximum atomic E-state index is 9.28. The number of aryl methyl sites for hydroxylation is 1. The molecule has 0 amide bonds. The van der Waals surface area contributed by atoms with Gasteiger partial charge in [-0.1, -0.05) is 19.9 Å². The molecule has 1 rings (SSSR count). The van der Waals surface area contributed by atoms with E-state index in [1.54, 1.807) is 6.92 Å². The molecule has 0 aliphatic heterocycles. The molecule has 0 aliphatic rings. The summed E-state index contributed by atoms with van der Waals surface area (Å²) in [5.74, 6) is 1.47. The third kappa shape index (κ3) is 5.62. The van der Waals surface area contributed by atoms with E-state index in [0.29, 0.717) is 19.1 Å². The Morgan fingerprint density at radius 2 is 1.95 bits per heavy atom. The van der Waals surface area contributed by atoms with Crippen LogP contribution >= 0.6 is 0 Å². The van der Waals surface area contributed by atoms with E-state index in [1.165, 1.54) is 11.1 Å². The average molecular weight is 265 g/mol. The Labute approximate surface area is 117 Å². The van der Waals surface area contributed by atoms with Gasteiger partial charge < -0.3 is 14.7 Å². The molecule has 19 heavy (non-hydrogen) atoms. The molecule has 0 heterocycles. The van der Waals surface area contributed by atoms with Crippen LogP contribution in [0, 0.1) is 6.92 Å². The van der Waals surface area contributed by atoms with Crippen LogP contribution in [0.1, 0.15) is 37.8 Å². The Morgan fingerprint density at radius 3 is 2.47 bits per heavy atom. The number of benzene rings is 1. The predicted octanol–water partition coefficient (Wildman–Crippen LogP) is 2.81. The molecular formula is C16H27NO2. The normalized spacial score (nSPS) is 13.1. The molecule has 0 spiro atoms. The second kappa shape index (κ2) is 7.51. The van der Waals surface area contributed by atoms with Crippen LogP contribution < -0.4 is 4.74 Å². The van der Waals surface area contributed by atoms with Crippen molar-refractivity contribution in [1.82, 2.24) is 4.90 Å². The summed E-state index contributed by atoms with van der Waals surface area (Å²) in [6, 6.07) is 6.29. The van der Waals surface area contributed by atoms with Gasteiger partial charge in [-0.15, -0.1) is 0 Å². The van der Waals surface area contributed by atoms with Crippen molar-refractivity contribution in [2.45, 2.75) is 39.7 Å². The Hall–Kier alpha value is -1.06. The molecular weight excluding hydrogens is 238 g/mol. The van der Waals surface area contributed by atoms with E-state index in [2.05, 4.69) is 37.8 Å².